The van der Waals surface area contributed by atoms with Crippen LogP contribution in [-0.4, -0.2) is 28.9 Å². The van der Waals surface area contributed by atoms with Crippen molar-refractivity contribution in [3.05, 3.63) is 58.2 Å². The van der Waals surface area contributed by atoms with Crippen LogP contribution in [0.25, 0.3) is 5.65 Å². The number of nitrogens with one attached hydrogen (secondary N) is 2. The Hall–Kier alpha value is -1.61. The highest BCUT2D eigenvalue weighted by Crippen LogP contribution is 2.26. The van der Waals surface area contributed by atoms with Crippen LogP contribution in [0.5, 0.6) is 0 Å². The first kappa shape index (κ1) is 20.7. The molecule has 0 aliphatic carbocycles. The van der Waals surface area contributed by atoms with Crippen LogP contribution in [0.3, 0.4) is 0 Å². The van der Waals surface area contributed by atoms with Gasteiger partial charge in [-0.15, -0.1) is 35.3 Å². The van der Waals surface area contributed by atoms with Gasteiger partial charge in [-0.3, -0.25) is 4.99 Å². The number of imidazole rings is 1. The summed E-state index contributed by atoms with van der Waals surface area (Å²) in [7, 11) is 1.79. The number of hydrogen-bond donors (Lipinski definition) is 2. The first-order valence-electron chi connectivity index (χ1n) is 8.42. The molecule has 0 fully saturated rings. The fourth-order valence-corrected chi connectivity index (χ4v) is 3.59. The summed E-state index contributed by atoms with van der Waals surface area (Å²) in [6, 6.07) is 10.4. The second kappa shape index (κ2) is 8.85. The SMILES string of the molecule is CN=C(NCc1cn2c(C)cccc2n1)NCC(C)(C)c1cccs1.I. The molecule has 3 aromatic rings. The molecule has 0 saturated heterocycles. The second-order valence-electron chi connectivity index (χ2n) is 6.77. The second-order valence-corrected chi connectivity index (χ2v) is 7.72. The highest BCUT2D eigenvalue weighted by atomic mass is 127. The Morgan fingerprint density at radius 2 is 2.04 bits per heavy atom. The van der Waals surface area contributed by atoms with Crippen molar-refractivity contribution < 1.29 is 0 Å². The molecule has 26 heavy (non-hydrogen) atoms. The number of pyridine rings is 1. The predicted octanol–water partition coefficient (Wildman–Crippen LogP) is 3.97. The van der Waals surface area contributed by atoms with Crippen LogP contribution in [0.15, 0.2) is 46.9 Å². The number of hydrogen-bond acceptors (Lipinski definition) is 3. The molecule has 0 spiro atoms. The smallest absolute Gasteiger partial charge is 0.191 e. The zero-order valence-corrected chi connectivity index (χ0v) is 18.8. The first-order valence-corrected chi connectivity index (χ1v) is 9.30. The molecule has 3 rings (SSSR count). The van der Waals surface area contributed by atoms with Crippen molar-refractivity contribution in [2.75, 3.05) is 13.6 Å². The highest BCUT2D eigenvalue weighted by Gasteiger charge is 2.21. The number of guanidine groups is 1. The van der Waals surface area contributed by atoms with Crippen molar-refractivity contribution in [3.63, 3.8) is 0 Å². The van der Waals surface area contributed by atoms with Crippen molar-refractivity contribution in [2.45, 2.75) is 32.7 Å². The van der Waals surface area contributed by atoms with Gasteiger partial charge in [-0.2, -0.15) is 0 Å². The Kier molecular flexibility index (Phi) is 7.05. The molecule has 0 saturated carbocycles. The summed E-state index contributed by atoms with van der Waals surface area (Å²) in [4.78, 5) is 10.3. The van der Waals surface area contributed by atoms with Crippen LogP contribution in [0.4, 0.5) is 0 Å². The average Bonchev–Trinajstić information content (AvgIpc) is 3.25. The Morgan fingerprint density at radius 3 is 2.69 bits per heavy atom. The molecule has 3 aromatic heterocycles. The van der Waals surface area contributed by atoms with E-state index in [1.54, 1.807) is 18.4 Å². The number of aryl methyl sites for hydroxylation is 1. The van der Waals surface area contributed by atoms with E-state index in [9.17, 15) is 0 Å². The van der Waals surface area contributed by atoms with Gasteiger partial charge in [0.1, 0.15) is 5.65 Å². The fourth-order valence-electron chi connectivity index (χ4n) is 2.73. The van der Waals surface area contributed by atoms with E-state index in [1.807, 2.05) is 12.1 Å². The topological polar surface area (TPSA) is 53.7 Å². The molecule has 140 valence electrons. The van der Waals surface area contributed by atoms with E-state index in [0.717, 1.165) is 23.8 Å². The van der Waals surface area contributed by atoms with Gasteiger partial charge in [0.2, 0.25) is 0 Å². The molecule has 0 amide bonds. The quantitative estimate of drug-likeness (QED) is 0.328. The number of fused-ring (bicyclic) bond motifs is 1. The van der Waals surface area contributed by atoms with Crippen molar-refractivity contribution >= 4 is 46.9 Å². The number of aromatic nitrogens is 2. The number of aliphatic imine (C=N–C) groups is 1. The maximum atomic E-state index is 4.65. The molecule has 0 unspecified atom stereocenters. The minimum absolute atomic E-state index is 0. The summed E-state index contributed by atoms with van der Waals surface area (Å²) in [5.41, 5.74) is 3.20. The van der Waals surface area contributed by atoms with E-state index in [4.69, 9.17) is 0 Å². The first-order chi connectivity index (χ1) is 12.0. The minimum Gasteiger partial charge on any atom is -0.356 e. The lowest BCUT2D eigenvalue weighted by Gasteiger charge is -2.25. The van der Waals surface area contributed by atoms with Crippen LogP contribution in [0, 0.1) is 6.92 Å². The lowest BCUT2D eigenvalue weighted by molar-refractivity contribution is 0.518. The molecule has 7 heteroatoms. The number of nitrogens with zero attached hydrogens (tertiary/aromatic N) is 3. The maximum absolute atomic E-state index is 4.65. The number of thiophene rings is 1. The standard InChI is InChI=1S/C19H25N5S.HI/c1-14-7-5-9-17-23-15(12-24(14)17)11-21-18(20-4)22-13-19(2,3)16-8-6-10-25-16;/h5-10,12H,11,13H2,1-4H3,(H2,20,21,22);1H. The van der Waals surface area contributed by atoms with E-state index in [1.165, 1.54) is 10.6 Å². The van der Waals surface area contributed by atoms with Crippen molar-refractivity contribution in [3.8, 4) is 0 Å². The molecule has 0 aliphatic heterocycles. The molecule has 0 atom stereocenters. The minimum atomic E-state index is 0. The van der Waals surface area contributed by atoms with Gasteiger partial charge < -0.3 is 15.0 Å². The van der Waals surface area contributed by atoms with Crippen LogP contribution in [0.1, 0.15) is 30.1 Å². The van der Waals surface area contributed by atoms with Gasteiger partial charge in [0.05, 0.1) is 12.2 Å². The maximum Gasteiger partial charge on any atom is 0.191 e. The predicted molar refractivity (Wildman–Crippen MR) is 121 cm³/mol. The normalized spacial score (nSPS) is 12.1. The average molecular weight is 483 g/mol. The summed E-state index contributed by atoms with van der Waals surface area (Å²) in [6.45, 7) is 8.02. The highest BCUT2D eigenvalue weighted by molar-refractivity contribution is 14.0. The molecular weight excluding hydrogens is 457 g/mol. The summed E-state index contributed by atoms with van der Waals surface area (Å²) < 4.78 is 2.10. The summed E-state index contributed by atoms with van der Waals surface area (Å²) in [6.07, 6.45) is 2.07. The zero-order valence-electron chi connectivity index (χ0n) is 15.6. The van der Waals surface area contributed by atoms with Crippen LogP contribution >= 0.6 is 35.3 Å². The summed E-state index contributed by atoms with van der Waals surface area (Å²) in [5, 5.41) is 8.90. The van der Waals surface area contributed by atoms with E-state index in [2.05, 4.69) is 75.6 Å². The fraction of sp³-hybridized carbons (Fsp3) is 0.368. The van der Waals surface area contributed by atoms with Crippen LogP contribution in [0.2, 0.25) is 0 Å². The van der Waals surface area contributed by atoms with E-state index < -0.39 is 0 Å². The molecular formula is C19H26IN5S. The molecule has 0 aromatic carbocycles. The van der Waals surface area contributed by atoms with Gasteiger partial charge in [0, 0.05) is 35.8 Å². The third-order valence-corrected chi connectivity index (χ3v) is 5.53. The van der Waals surface area contributed by atoms with E-state index in [-0.39, 0.29) is 29.4 Å². The Labute approximate surface area is 176 Å². The number of halogens is 1. The van der Waals surface area contributed by atoms with E-state index in [0.29, 0.717) is 6.54 Å². The third kappa shape index (κ3) is 4.76. The summed E-state index contributed by atoms with van der Waals surface area (Å²) >= 11 is 1.79. The van der Waals surface area contributed by atoms with Gasteiger partial charge in [0.15, 0.2) is 5.96 Å². The van der Waals surface area contributed by atoms with Crippen molar-refractivity contribution in [2.24, 2.45) is 4.99 Å². The molecule has 0 radical (unpaired) electrons. The van der Waals surface area contributed by atoms with Gasteiger partial charge in [-0.05, 0) is 30.5 Å². The third-order valence-electron chi connectivity index (χ3n) is 4.29. The molecule has 0 bridgehead atoms. The summed E-state index contributed by atoms with van der Waals surface area (Å²) in [5.74, 6) is 0.790. The number of rotatable bonds is 5. The molecule has 3 heterocycles. The molecule has 0 aliphatic rings. The Morgan fingerprint density at radius 1 is 1.23 bits per heavy atom. The van der Waals surface area contributed by atoms with Crippen molar-refractivity contribution in [1.29, 1.82) is 0 Å². The van der Waals surface area contributed by atoms with E-state index >= 15 is 0 Å². The Bertz CT molecular complexity index is 867. The van der Waals surface area contributed by atoms with Gasteiger partial charge in [-0.25, -0.2) is 4.98 Å². The van der Waals surface area contributed by atoms with Crippen molar-refractivity contribution in [1.82, 2.24) is 20.0 Å². The zero-order chi connectivity index (χ0) is 17.9. The molecule has 5 nitrogen and oxygen atoms in total. The van der Waals surface area contributed by atoms with Gasteiger partial charge in [0.25, 0.3) is 0 Å². The molecule has 2 N–H and O–H groups in total. The largest absolute Gasteiger partial charge is 0.356 e. The van der Waals surface area contributed by atoms with Crippen LogP contribution < -0.4 is 10.6 Å². The Balaban J connectivity index is 0.00000243. The van der Waals surface area contributed by atoms with Gasteiger partial charge >= 0.3 is 0 Å². The lowest BCUT2D eigenvalue weighted by atomic mass is 9.91. The monoisotopic (exact) mass is 483 g/mol. The lowest BCUT2D eigenvalue weighted by Crippen LogP contribution is -2.43. The van der Waals surface area contributed by atoms with Crippen LogP contribution in [-0.2, 0) is 12.0 Å². The van der Waals surface area contributed by atoms with Gasteiger partial charge in [-0.1, -0.05) is 26.0 Å².